The second-order valence-electron chi connectivity index (χ2n) is 11.1. The van der Waals surface area contributed by atoms with Crippen molar-refractivity contribution in [1.29, 1.82) is 0 Å². The van der Waals surface area contributed by atoms with Crippen molar-refractivity contribution in [3.05, 3.63) is 99.6 Å². The molecule has 1 amide bonds. The first-order chi connectivity index (χ1) is 21.1. The summed E-state index contributed by atoms with van der Waals surface area (Å²) in [6.45, 7) is 5.58. The number of hydrogen-bond donors (Lipinski definition) is 1. The van der Waals surface area contributed by atoms with Crippen molar-refractivity contribution in [3.8, 4) is 0 Å². The monoisotopic (exact) mass is 561 g/mol. The highest BCUT2D eigenvalue weighted by Gasteiger charge is 2.24. The predicted octanol–water partition coefficient (Wildman–Crippen LogP) is 4.97. The second-order valence-corrected chi connectivity index (χ2v) is 11.1. The third-order valence-corrected chi connectivity index (χ3v) is 8.15. The van der Waals surface area contributed by atoms with E-state index in [-0.39, 0.29) is 17.0 Å². The highest BCUT2D eigenvalue weighted by atomic mass is 19.1. The number of piperazine rings is 1. The first-order valence-electron chi connectivity index (χ1n) is 15.7. The molecule has 8 heteroatoms. The van der Waals surface area contributed by atoms with Gasteiger partial charge in [0.15, 0.2) is 0 Å². The van der Waals surface area contributed by atoms with Gasteiger partial charge in [-0.15, -0.1) is 0 Å². The van der Waals surface area contributed by atoms with Crippen LogP contribution in [0.5, 0.6) is 0 Å². The molecule has 0 atom stereocenters. The van der Waals surface area contributed by atoms with E-state index in [0.717, 1.165) is 87.6 Å². The number of amides is 1. The Balaban J connectivity index is 1.26. The number of amidine groups is 1. The molecule has 3 aliphatic rings. The minimum absolute atomic E-state index is 0.161. The van der Waals surface area contributed by atoms with E-state index in [1.807, 2.05) is 12.1 Å². The maximum atomic E-state index is 14.1. The molecular formula is C33H36F2N4O2. The van der Waals surface area contributed by atoms with Gasteiger partial charge in [-0.25, -0.2) is 8.78 Å². The van der Waals surface area contributed by atoms with E-state index in [2.05, 4.69) is 33.2 Å². The number of nitrogens with zero attached hydrogens (tertiary/aromatic N) is 3. The molecule has 6 nitrogen and oxygen atoms in total. The quantitative estimate of drug-likeness (QED) is 0.462. The molecule has 0 unspecified atom stereocenters. The normalized spacial score (nSPS) is 19.2. The molecule has 2 saturated heterocycles. The number of rotatable bonds is 6. The number of aliphatic imine (C=N–C) groups is 1. The Labute approximate surface area is 244 Å². The van der Waals surface area contributed by atoms with Crippen molar-refractivity contribution < 1.29 is 22.4 Å². The summed E-state index contributed by atoms with van der Waals surface area (Å²) in [7, 11) is 2.12. The van der Waals surface area contributed by atoms with Crippen LogP contribution in [0.3, 0.4) is 0 Å². The van der Waals surface area contributed by atoms with E-state index in [4.69, 9.17) is 8.85 Å². The lowest BCUT2D eigenvalue weighted by atomic mass is 9.89. The lowest BCUT2D eigenvalue weighted by molar-refractivity contribution is 0.0664. The molecule has 214 valence electrons. The fourth-order valence-electron chi connectivity index (χ4n) is 5.78. The van der Waals surface area contributed by atoms with Gasteiger partial charge in [0.2, 0.25) is 0 Å². The van der Waals surface area contributed by atoms with E-state index in [0.29, 0.717) is 29.4 Å². The van der Waals surface area contributed by atoms with Crippen LogP contribution in [-0.2, 0) is 24.1 Å². The molecule has 41 heavy (non-hydrogen) atoms. The van der Waals surface area contributed by atoms with E-state index >= 15 is 0 Å². The SMILES string of the molecule is [2H]c1c(F)cc(C([2H])([2H])c2ccc3c(c2)C(NC(=O)c2ccc(N4CCN(C)CC4)cc2CC2CCOCC2)=NC3)cc1F. The molecule has 6 rings (SSSR count). The minimum Gasteiger partial charge on any atom is -0.381 e. The van der Waals surface area contributed by atoms with Crippen molar-refractivity contribution in [2.24, 2.45) is 10.9 Å². The summed E-state index contributed by atoms with van der Waals surface area (Å²) < 4.78 is 58.6. The average Bonchev–Trinajstić information content (AvgIpc) is 3.42. The zero-order chi connectivity index (χ0) is 31.0. The molecule has 3 aromatic rings. The summed E-state index contributed by atoms with van der Waals surface area (Å²) in [5.41, 5.74) is 3.98. The molecule has 0 aromatic heterocycles. The zero-order valence-electron chi connectivity index (χ0n) is 26.2. The van der Waals surface area contributed by atoms with Crippen molar-refractivity contribution >= 4 is 17.4 Å². The van der Waals surface area contributed by atoms with Crippen LogP contribution in [-0.4, -0.2) is 63.1 Å². The maximum absolute atomic E-state index is 14.1. The van der Waals surface area contributed by atoms with Crippen LogP contribution in [0.25, 0.3) is 0 Å². The van der Waals surface area contributed by atoms with E-state index < -0.39 is 24.0 Å². The van der Waals surface area contributed by atoms with Crippen LogP contribution in [0.4, 0.5) is 14.5 Å². The smallest absolute Gasteiger partial charge is 0.257 e. The lowest BCUT2D eigenvalue weighted by Gasteiger charge is -2.34. The van der Waals surface area contributed by atoms with Gasteiger partial charge in [-0.2, -0.15) is 0 Å². The first-order valence-corrected chi connectivity index (χ1v) is 14.2. The molecule has 2 fully saturated rings. The Morgan fingerprint density at radius 1 is 1.05 bits per heavy atom. The number of anilines is 1. The highest BCUT2D eigenvalue weighted by Crippen LogP contribution is 2.28. The highest BCUT2D eigenvalue weighted by molar-refractivity contribution is 6.14. The number of ether oxygens (including phenoxy) is 1. The molecule has 0 radical (unpaired) electrons. The summed E-state index contributed by atoms with van der Waals surface area (Å²) in [6.07, 6.45) is 0.412. The Hall–Kier alpha value is -3.62. The molecule has 1 N–H and O–H groups in total. The van der Waals surface area contributed by atoms with Gasteiger partial charge in [-0.1, -0.05) is 12.1 Å². The van der Waals surface area contributed by atoms with Crippen LogP contribution in [0, 0.1) is 17.6 Å². The topological polar surface area (TPSA) is 57.2 Å². The van der Waals surface area contributed by atoms with Gasteiger partial charge in [0.1, 0.15) is 17.5 Å². The van der Waals surface area contributed by atoms with Gasteiger partial charge in [0.05, 0.1) is 7.92 Å². The molecule has 0 spiro atoms. The van der Waals surface area contributed by atoms with Crippen LogP contribution in [0.15, 0.2) is 59.6 Å². The number of fused-ring (bicyclic) bond motifs is 1. The molecule has 3 aliphatic heterocycles. The number of carbonyl (C=O) groups excluding carboxylic acids is 1. The lowest BCUT2D eigenvalue weighted by Crippen LogP contribution is -2.44. The molecule has 0 aliphatic carbocycles. The van der Waals surface area contributed by atoms with Crippen molar-refractivity contribution in [2.45, 2.75) is 32.2 Å². The number of nitrogens with one attached hydrogen (secondary N) is 1. The van der Waals surface area contributed by atoms with Gasteiger partial charge in [-0.3, -0.25) is 9.79 Å². The number of carbonyl (C=O) groups is 1. The average molecular weight is 562 g/mol. The second kappa shape index (κ2) is 12.1. The van der Waals surface area contributed by atoms with E-state index in [1.54, 1.807) is 18.2 Å². The van der Waals surface area contributed by atoms with Crippen molar-refractivity contribution in [2.75, 3.05) is 51.3 Å². The van der Waals surface area contributed by atoms with Gasteiger partial charge < -0.3 is 19.9 Å². The molecular weight excluding hydrogens is 522 g/mol. The standard InChI is InChI=1S/C33H36F2N4O2/c1-38-8-10-39(11-9-38)29-4-5-30(26(19-29)15-22-6-12-41-13-7-22)33(40)37-32-31-18-23(2-3-25(31)21-36-32)14-24-16-27(34)20-28(35)17-24/h2-5,16-20,22H,6-15,21H2,1H3,(H,36,37,40)/i14D2,20D. The molecule has 3 heterocycles. The van der Waals surface area contributed by atoms with E-state index in [9.17, 15) is 13.6 Å². The molecule has 0 bridgehead atoms. The largest absolute Gasteiger partial charge is 0.381 e. The number of hydrogen-bond acceptors (Lipinski definition) is 5. The maximum Gasteiger partial charge on any atom is 0.257 e. The van der Waals surface area contributed by atoms with E-state index in [1.165, 1.54) is 0 Å². The van der Waals surface area contributed by atoms with Gasteiger partial charge in [-0.05, 0) is 97.3 Å². The van der Waals surface area contributed by atoms with Crippen LogP contribution in [0.1, 0.15) is 55.1 Å². The summed E-state index contributed by atoms with van der Waals surface area (Å²) in [5.74, 6) is -1.79. The first kappa shape index (κ1) is 24.0. The van der Waals surface area contributed by atoms with Crippen molar-refractivity contribution in [1.82, 2.24) is 10.2 Å². The van der Waals surface area contributed by atoms with Gasteiger partial charge >= 0.3 is 0 Å². The predicted molar refractivity (Wildman–Crippen MR) is 157 cm³/mol. The Kier molecular flexibility index (Phi) is 7.08. The minimum atomic E-state index is -2.25. The summed E-state index contributed by atoms with van der Waals surface area (Å²) in [5, 5.41) is 2.98. The van der Waals surface area contributed by atoms with Gasteiger partial charge in [0.25, 0.3) is 5.91 Å². The fourth-order valence-corrected chi connectivity index (χ4v) is 5.78. The van der Waals surface area contributed by atoms with Crippen LogP contribution in [0.2, 0.25) is 0 Å². The van der Waals surface area contributed by atoms with Gasteiger partial charge in [0, 0.05) is 65.0 Å². The third kappa shape index (κ3) is 6.49. The number of benzene rings is 3. The van der Waals surface area contributed by atoms with Crippen molar-refractivity contribution in [3.63, 3.8) is 0 Å². The summed E-state index contributed by atoms with van der Waals surface area (Å²) in [4.78, 5) is 23.0. The summed E-state index contributed by atoms with van der Waals surface area (Å²) >= 11 is 0. The van der Waals surface area contributed by atoms with Crippen LogP contribution < -0.4 is 10.2 Å². The molecule has 0 saturated carbocycles. The number of halogens is 2. The fraction of sp³-hybridized carbons (Fsp3) is 0.394. The zero-order valence-corrected chi connectivity index (χ0v) is 23.2. The van der Waals surface area contributed by atoms with Crippen LogP contribution >= 0.6 is 0 Å². The third-order valence-electron chi connectivity index (χ3n) is 8.15. The Bertz CT molecular complexity index is 1580. The number of likely N-dealkylation sites (N-methyl/N-ethyl adjacent to an activating group) is 1. The Morgan fingerprint density at radius 3 is 2.56 bits per heavy atom. The molecule has 3 aromatic carbocycles. The summed E-state index contributed by atoms with van der Waals surface area (Å²) in [6, 6.07) is 11.7. The Morgan fingerprint density at radius 2 is 1.80 bits per heavy atom.